The number of para-hydroxylation sites is 1. The van der Waals surface area contributed by atoms with Crippen molar-refractivity contribution in [3.05, 3.63) is 76.9 Å². The van der Waals surface area contributed by atoms with Crippen LogP contribution in [0, 0.1) is 5.82 Å². The van der Waals surface area contributed by atoms with Gasteiger partial charge in [0.1, 0.15) is 18.1 Å². The minimum Gasteiger partial charge on any atom is -0.497 e. The molecule has 5 rings (SSSR count). The van der Waals surface area contributed by atoms with Crippen LogP contribution in [-0.4, -0.2) is 55.1 Å². The molecule has 0 saturated carbocycles. The first kappa shape index (κ1) is 21.5. The minimum absolute atomic E-state index is 0.283. The van der Waals surface area contributed by atoms with Gasteiger partial charge in [0.15, 0.2) is 11.6 Å². The molecule has 1 saturated heterocycles. The van der Waals surface area contributed by atoms with Crippen molar-refractivity contribution in [3.8, 4) is 17.2 Å². The van der Waals surface area contributed by atoms with E-state index in [4.69, 9.17) is 14.2 Å². The summed E-state index contributed by atoms with van der Waals surface area (Å²) in [6.45, 7) is 3.92. The maximum absolute atomic E-state index is 13.7. The summed E-state index contributed by atoms with van der Waals surface area (Å²) in [5.41, 5.74) is 4.43. The number of aromatic nitrogens is 2. The van der Waals surface area contributed by atoms with Crippen LogP contribution in [0.2, 0.25) is 0 Å². The second-order valence-corrected chi connectivity index (χ2v) is 8.56. The van der Waals surface area contributed by atoms with Crippen LogP contribution >= 0.6 is 0 Å². The average Bonchev–Trinajstić information content (AvgIpc) is 3.49. The Labute approximate surface area is 193 Å². The molecule has 1 aromatic heterocycles. The topological polar surface area (TPSA) is 59.6 Å². The molecule has 3 aromatic rings. The fourth-order valence-electron chi connectivity index (χ4n) is 4.48. The third kappa shape index (κ3) is 5.03. The number of rotatable bonds is 8. The lowest BCUT2D eigenvalue weighted by molar-refractivity contribution is 0.304. The highest BCUT2D eigenvalue weighted by atomic mass is 19.1. The van der Waals surface area contributed by atoms with Crippen LogP contribution in [0.1, 0.15) is 29.3 Å². The Morgan fingerprint density at radius 3 is 3.00 bits per heavy atom. The van der Waals surface area contributed by atoms with E-state index in [2.05, 4.69) is 27.2 Å². The minimum atomic E-state index is -0.338. The lowest BCUT2D eigenvalue weighted by Gasteiger charge is -2.22. The molecule has 1 atom stereocenters. The van der Waals surface area contributed by atoms with E-state index in [9.17, 15) is 4.39 Å². The number of hydrogen-bond acceptors (Lipinski definition) is 5. The van der Waals surface area contributed by atoms with Gasteiger partial charge in [0.05, 0.1) is 19.4 Å². The van der Waals surface area contributed by atoms with E-state index < -0.39 is 0 Å². The van der Waals surface area contributed by atoms with Crippen molar-refractivity contribution >= 4 is 6.08 Å². The van der Waals surface area contributed by atoms with Gasteiger partial charge in [-0.05, 0) is 61.0 Å². The molecule has 6 nitrogen and oxygen atoms in total. The van der Waals surface area contributed by atoms with Gasteiger partial charge in [-0.25, -0.2) is 4.39 Å². The lowest BCUT2D eigenvalue weighted by atomic mass is 10.0. The molecular formula is C26H28FN3O3. The molecule has 0 bridgehead atoms. The van der Waals surface area contributed by atoms with Crippen molar-refractivity contribution in [3.63, 3.8) is 0 Å². The van der Waals surface area contributed by atoms with Gasteiger partial charge in [0.25, 0.3) is 0 Å². The van der Waals surface area contributed by atoms with E-state index in [1.54, 1.807) is 25.3 Å². The monoisotopic (exact) mass is 449 g/mol. The van der Waals surface area contributed by atoms with Crippen LogP contribution in [0.25, 0.3) is 6.08 Å². The Morgan fingerprint density at radius 1 is 1.21 bits per heavy atom. The summed E-state index contributed by atoms with van der Waals surface area (Å²) in [5, 5.41) is 7.65. The highest BCUT2D eigenvalue weighted by Crippen LogP contribution is 2.32. The molecule has 7 heteroatoms. The zero-order chi connectivity index (χ0) is 22.6. The lowest BCUT2D eigenvalue weighted by Crippen LogP contribution is -2.26. The number of benzene rings is 2. The maximum Gasteiger partial charge on any atom is 0.165 e. The van der Waals surface area contributed by atoms with Crippen LogP contribution in [0.15, 0.2) is 54.1 Å². The predicted molar refractivity (Wildman–Crippen MR) is 124 cm³/mol. The number of likely N-dealkylation sites (tertiary alicyclic amines) is 1. The molecule has 2 aromatic carbocycles. The zero-order valence-corrected chi connectivity index (χ0v) is 18.7. The summed E-state index contributed by atoms with van der Waals surface area (Å²) in [5.74, 6) is 2.09. The van der Waals surface area contributed by atoms with Crippen molar-refractivity contribution in [2.75, 3.05) is 40.0 Å². The Bertz CT molecular complexity index is 1140. The summed E-state index contributed by atoms with van der Waals surface area (Å²) >= 11 is 0. The number of H-pyrrole nitrogens is 1. The fraction of sp³-hybridized carbons (Fsp3) is 0.346. The molecule has 0 amide bonds. The van der Waals surface area contributed by atoms with E-state index in [1.807, 2.05) is 18.2 Å². The normalized spacial score (nSPS) is 17.9. The maximum atomic E-state index is 13.7. The number of ether oxygens (including phenoxy) is 3. The van der Waals surface area contributed by atoms with E-state index >= 15 is 0 Å². The number of methoxy groups -OCH3 is 1. The highest BCUT2D eigenvalue weighted by Gasteiger charge is 2.27. The average molecular weight is 450 g/mol. The van der Waals surface area contributed by atoms with Gasteiger partial charge in [0, 0.05) is 36.7 Å². The Hall–Kier alpha value is -3.32. The third-order valence-electron chi connectivity index (χ3n) is 6.22. The van der Waals surface area contributed by atoms with Gasteiger partial charge >= 0.3 is 0 Å². The standard InChI is InChI=1S/C26H28FN3O3/c1-31-22-6-7-25-20(13-22)12-18(17-33-25)15-30-10-8-19(16-30)24-14-21(28-29-24)9-11-32-26-5-3-2-4-23(26)27/h2-7,12-14,19H,8-11,15-17H2,1H3,(H,28,29)/t19-/m0/s1. The van der Waals surface area contributed by atoms with Gasteiger partial charge in [-0.15, -0.1) is 0 Å². The summed E-state index contributed by atoms with van der Waals surface area (Å²) in [6, 6.07) is 14.5. The van der Waals surface area contributed by atoms with Gasteiger partial charge in [-0.1, -0.05) is 12.1 Å². The summed E-state index contributed by atoms with van der Waals surface area (Å²) < 4.78 is 30.5. The Morgan fingerprint density at radius 2 is 2.12 bits per heavy atom. The number of halogens is 1. The molecule has 172 valence electrons. The van der Waals surface area contributed by atoms with E-state index in [-0.39, 0.29) is 11.6 Å². The second-order valence-electron chi connectivity index (χ2n) is 8.56. The Kier molecular flexibility index (Phi) is 6.30. The van der Waals surface area contributed by atoms with Crippen LogP contribution in [-0.2, 0) is 6.42 Å². The van der Waals surface area contributed by atoms with Gasteiger partial charge in [0.2, 0.25) is 0 Å². The largest absolute Gasteiger partial charge is 0.497 e. The van der Waals surface area contributed by atoms with Gasteiger partial charge in [-0.2, -0.15) is 5.10 Å². The number of hydrogen-bond donors (Lipinski definition) is 1. The highest BCUT2D eigenvalue weighted by molar-refractivity contribution is 5.64. The fourth-order valence-corrected chi connectivity index (χ4v) is 4.48. The van der Waals surface area contributed by atoms with Gasteiger partial charge in [-0.3, -0.25) is 10.00 Å². The molecule has 0 aliphatic carbocycles. The molecule has 33 heavy (non-hydrogen) atoms. The summed E-state index contributed by atoms with van der Waals surface area (Å²) in [7, 11) is 1.68. The molecular weight excluding hydrogens is 421 g/mol. The van der Waals surface area contributed by atoms with Gasteiger partial charge < -0.3 is 14.2 Å². The predicted octanol–water partition coefficient (Wildman–Crippen LogP) is 4.44. The first-order valence-electron chi connectivity index (χ1n) is 11.3. The van der Waals surface area contributed by atoms with E-state index in [0.29, 0.717) is 25.6 Å². The first-order chi connectivity index (χ1) is 16.2. The smallest absolute Gasteiger partial charge is 0.165 e. The van der Waals surface area contributed by atoms with E-state index in [0.717, 1.165) is 54.5 Å². The first-order valence-corrected chi connectivity index (χ1v) is 11.3. The van der Waals surface area contributed by atoms with Crippen molar-refractivity contribution in [2.45, 2.75) is 18.8 Å². The van der Waals surface area contributed by atoms with Crippen molar-refractivity contribution in [1.29, 1.82) is 0 Å². The molecule has 2 aliphatic rings. The van der Waals surface area contributed by atoms with Crippen LogP contribution in [0.5, 0.6) is 17.2 Å². The number of fused-ring (bicyclic) bond motifs is 1. The van der Waals surface area contributed by atoms with Crippen molar-refractivity contribution in [1.82, 2.24) is 15.1 Å². The molecule has 1 N–H and O–H groups in total. The van der Waals surface area contributed by atoms with E-state index in [1.165, 1.54) is 11.6 Å². The molecule has 1 fully saturated rings. The quantitative estimate of drug-likeness (QED) is 0.551. The number of nitrogens with one attached hydrogen (secondary N) is 1. The number of aromatic amines is 1. The SMILES string of the molecule is COc1ccc2c(c1)C=C(CN1CC[C@H](c3cc(CCOc4ccccc4F)[nH]n3)C1)CO2. The number of nitrogens with zero attached hydrogens (tertiary/aromatic N) is 2. The second kappa shape index (κ2) is 9.67. The molecule has 0 unspecified atom stereocenters. The van der Waals surface area contributed by atoms with Crippen LogP contribution in [0.4, 0.5) is 4.39 Å². The molecule has 0 spiro atoms. The summed E-state index contributed by atoms with van der Waals surface area (Å²) in [4.78, 5) is 2.46. The van der Waals surface area contributed by atoms with Crippen LogP contribution in [0.3, 0.4) is 0 Å². The Balaban J connectivity index is 1.14. The molecule has 0 radical (unpaired) electrons. The van der Waals surface area contributed by atoms with Crippen LogP contribution < -0.4 is 14.2 Å². The molecule has 3 heterocycles. The zero-order valence-electron chi connectivity index (χ0n) is 18.7. The molecule has 2 aliphatic heterocycles. The van der Waals surface area contributed by atoms with Crippen molar-refractivity contribution < 1.29 is 18.6 Å². The third-order valence-corrected chi connectivity index (χ3v) is 6.22. The van der Waals surface area contributed by atoms with Crippen molar-refractivity contribution in [2.24, 2.45) is 0 Å². The summed E-state index contributed by atoms with van der Waals surface area (Å²) in [6.07, 6.45) is 3.95.